The van der Waals surface area contributed by atoms with E-state index in [0.29, 0.717) is 25.7 Å². The monoisotopic (exact) mass is 274 g/mol. The standard InChI is InChI=1S/C16H22N2O2/c1-17-9-5-8-14(17)15-12-20-11-10-18(15)16(19)13-6-3-2-4-7-13/h2-3,5,8-9,13,15H,4,6-7,10-12H2,1H3/t13-,15+/m0/s1. The van der Waals surface area contributed by atoms with Crippen molar-refractivity contribution < 1.29 is 9.53 Å². The molecule has 1 fully saturated rings. The van der Waals surface area contributed by atoms with Gasteiger partial charge in [-0.05, 0) is 31.4 Å². The molecule has 0 saturated carbocycles. The Morgan fingerprint density at radius 2 is 2.30 bits per heavy atom. The van der Waals surface area contributed by atoms with Gasteiger partial charge < -0.3 is 14.2 Å². The molecule has 0 radical (unpaired) electrons. The van der Waals surface area contributed by atoms with Crippen molar-refractivity contribution in [2.75, 3.05) is 19.8 Å². The number of amides is 1. The van der Waals surface area contributed by atoms with Crippen LogP contribution in [0.1, 0.15) is 31.0 Å². The molecule has 1 aromatic heterocycles. The second-order valence-electron chi connectivity index (χ2n) is 5.65. The fourth-order valence-electron chi connectivity index (χ4n) is 3.19. The van der Waals surface area contributed by atoms with Crippen molar-refractivity contribution in [3.8, 4) is 0 Å². The third kappa shape index (κ3) is 2.52. The number of hydrogen-bond acceptors (Lipinski definition) is 2. The SMILES string of the molecule is Cn1cccc1[C@H]1COCCN1C(=O)[C@H]1CC=CCC1. The van der Waals surface area contributed by atoms with Gasteiger partial charge in [-0.1, -0.05) is 12.2 Å². The van der Waals surface area contributed by atoms with Gasteiger partial charge in [-0.15, -0.1) is 0 Å². The molecule has 3 rings (SSSR count). The van der Waals surface area contributed by atoms with Gasteiger partial charge in [-0.2, -0.15) is 0 Å². The first-order valence-electron chi connectivity index (χ1n) is 7.42. The number of ether oxygens (including phenoxy) is 1. The molecule has 1 aliphatic heterocycles. The van der Waals surface area contributed by atoms with Crippen molar-refractivity contribution in [1.82, 2.24) is 9.47 Å². The van der Waals surface area contributed by atoms with Gasteiger partial charge in [0.2, 0.25) is 5.91 Å². The van der Waals surface area contributed by atoms with Gasteiger partial charge in [0.05, 0.1) is 19.3 Å². The number of allylic oxidation sites excluding steroid dienone is 2. The predicted molar refractivity (Wildman–Crippen MR) is 77.2 cm³/mol. The Bertz CT molecular complexity index is 506. The first-order chi connectivity index (χ1) is 9.77. The smallest absolute Gasteiger partial charge is 0.226 e. The van der Waals surface area contributed by atoms with Gasteiger partial charge in [0.15, 0.2) is 0 Å². The van der Waals surface area contributed by atoms with E-state index in [2.05, 4.69) is 22.8 Å². The summed E-state index contributed by atoms with van der Waals surface area (Å²) < 4.78 is 7.69. The quantitative estimate of drug-likeness (QED) is 0.775. The molecule has 1 amide bonds. The normalized spacial score (nSPS) is 26.8. The summed E-state index contributed by atoms with van der Waals surface area (Å²) in [6.45, 7) is 1.95. The number of aryl methyl sites for hydroxylation is 1. The Kier molecular flexibility index (Phi) is 3.92. The summed E-state index contributed by atoms with van der Waals surface area (Å²) in [4.78, 5) is 14.8. The van der Waals surface area contributed by atoms with Crippen molar-refractivity contribution in [1.29, 1.82) is 0 Å². The van der Waals surface area contributed by atoms with E-state index in [-0.39, 0.29) is 12.0 Å². The van der Waals surface area contributed by atoms with Crippen LogP contribution in [0.5, 0.6) is 0 Å². The highest BCUT2D eigenvalue weighted by Crippen LogP contribution is 2.29. The summed E-state index contributed by atoms with van der Waals surface area (Å²) in [5.41, 5.74) is 1.16. The second-order valence-corrected chi connectivity index (χ2v) is 5.65. The summed E-state index contributed by atoms with van der Waals surface area (Å²) in [6, 6.07) is 4.17. The van der Waals surface area contributed by atoms with Crippen molar-refractivity contribution in [3.63, 3.8) is 0 Å². The van der Waals surface area contributed by atoms with E-state index in [1.54, 1.807) is 0 Å². The topological polar surface area (TPSA) is 34.5 Å². The highest BCUT2D eigenvalue weighted by Gasteiger charge is 2.33. The summed E-state index contributed by atoms with van der Waals surface area (Å²) in [7, 11) is 2.02. The number of carbonyl (C=O) groups is 1. The molecule has 108 valence electrons. The Morgan fingerprint density at radius 3 is 3.00 bits per heavy atom. The third-order valence-electron chi connectivity index (χ3n) is 4.36. The molecule has 1 aromatic rings. The molecule has 1 saturated heterocycles. The maximum Gasteiger partial charge on any atom is 0.226 e. The fourth-order valence-corrected chi connectivity index (χ4v) is 3.19. The van der Waals surface area contributed by atoms with E-state index in [4.69, 9.17) is 4.74 Å². The van der Waals surface area contributed by atoms with E-state index in [1.807, 2.05) is 24.2 Å². The molecule has 0 aromatic carbocycles. The highest BCUT2D eigenvalue weighted by molar-refractivity contribution is 5.79. The molecular weight excluding hydrogens is 252 g/mol. The lowest BCUT2D eigenvalue weighted by Gasteiger charge is -2.38. The largest absolute Gasteiger partial charge is 0.377 e. The zero-order chi connectivity index (χ0) is 13.9. The van der Waals surface area contributed by atoms with Crippen molar-refractivity contribution in [2.24, 2.45) is 13.0 Å². The average Bonchev–Trinajstić information content (AvgIpc) is 2.93. The first kappa shape index (κ1) is 13.4. The Morgan fingerprint density at radius 1 is 1.40 bits per heavy atom. The van der Waals surface area contributed by atoms with Crippen LogP contribution in [0.3, 0.4) is 0 Å². The minimum absolute atomic E-state index is 0.0576. The number of hydrogen-bond donors (Lipinski definition) is 0. The van der Waals surface area contributed by atoms with E-state index in [0.717, 1.165) is 25.0 Å². The summed E-state index contributed by atoms with van der Waals surface area (Å²) in [5.74, 6) is 0.449. The van der Waals surface area contributed by atoms with Crippen LogP contribution in [-0.4, -0.2) is 35.1 Å². The molecular formula is C16H22N2O2. The molecule has 4 heteroatoms. The lowest BCUT2D eigenvalue weighted by molar-refractivity contribution is -0.145. The lowest BCUT2D eigenvalue weighted by Crippen LogP contribution is -2.46. The minimum Gasteiger partial charge on any atom is -0.377 e. The molecule has 1 aliphatic carbocycles. The van der Waals surface area contributed by atoms with Crippen LogP contribution in [0.15, 0.2) is 30.5 Å². The third-order valence-corrected chi connectivity index (χ3v) is 4.36. The lowest BCUT2D eigenvalue weighted by atomic mass is 9.92. The summed E-state index contributed by atoms with van der Waals surface area (Å²) >= 11 is 0. The fraction of sp³-hybridized carbons (Fsp3) is 0.562. The molecule has 2 aliphatic rings. The van der Waals surface area contributed by atoms with E-state index >= 15 is 0 Å². The number of aromatic nitrogens is 1. The number of rotatable bonds is 2. The molecule has 0 spiro atoms. The molecule has 0 unspecified atom stereocenters. The Labute approximate surface area is 120 Å². The maximum absolute atomic E-state index is 12.8. The van der Waals surface area contributed by atoms with E-state index in [1.165, 1.54) is 0 Å². The molecule has 4 nitrogen and oxygen atoms in total. The molecule has 0 bridgehead atoms. The summed E-state index contributed by atoms with van der Waals surface area (Å²) in [6.07, 6.45) is 9.23. The zero-order valence-electron chi connectivity index (χ0n) is 12.0. The predicted octanol–water partition coefficient (Wildman–Crippen LogP) is 2.28. The number of carbonyl (C=O) groups excluding carboxylic acids is 1. The van der Waals surface area contributed by atoms with Crippen molar-refractivity contribution in [2.45, 2.75) is 25.3 Å². The van der Waals surface area contributed by atoms with Crippen LogP contribution >= 0.6 is 0 Å². The van der Waals surface area contributed by atoms with Crippen molar-refractivity contribution in [3.05, 3.63) is 36.2 Å². The minimum atomic E-state index is 0.0576. The molecule has 20 heavy (non-hydrogen) atoms. The van der Waals surface area contributed by atoms with E-state index < -0.39 is 0 Å². The first-order valence-corrected chi connectivity index (χ1v) is 7.42. The van der Waals surface area contributed by atoms with E-state index in [9.17, 15) is 4.79 Å². The van der Waals surface area contributed by atoms with Crippen LogP contribution in [0.25, 0.3) is 0 Å². The Hall–Kier alpha value is -1.55. The van der Waals surface area contributed by atoms with Gasteiger partial charge in [0.25, 0.3) is 0 Å². The van der Waals surface area contributed by atoms with Crippen LogP contribution in [-0.2, 0) is 16.6 Å². The number of morpholine rings is 1. The van der Waals surface area contributed by atoms with Crippen molar-refractivity contribution >= 4 is 5.91 Å². The van der Waals surface area contributed by atoms with Crippen LogP contribution in [0.2, 0.25) is 0 Å². The van der Waals surface area contributed by atoms with Gasteiger partial charge >= 0.3 is 0 Å². The number of nitrogens with zero attached hydrogens (tertiary/aromatic N) is 2. The Balaban J connectivity index is 1.80. The molecule has 2 atom stereocenters. The van der Waals surface area contributed by atoms with Crippen LogP contribution in [0.4, 0.5) is 0 Å². The van der Waals surface area contributed by atoms with Crippen LogP contribution < -0.4 is 0 Å². The molecule has 2 heterocycles. The van der Waals surface area contributed by atoms with Gasteiger partial charge in [0.1, 0.15) is 0 Å². The second kappa shape index (κ2) is 5.83. The molecule has 0 N–H and O–H groups in total. The van der Waals surface area contributed by atoms with Gasteiger partial charge in [-0.3, -0.25) is 4.79 Å². The maximum atomic E-state index is 12.8. The van der Waals surface area contributed by atoms with Crippen LogP contribution in [0, 0.1) is 5.92 Å². The highest BCUT2D eigenvalue weighted by atomic mass is 16.5. The van der Waals surface area contributed by atoms with Gasteiger partial charge in [-0.25, -0.2) is 0 Å². The average molecular weight is 274 g/mol. The summed E-state index contributed by atoms with van der Waals surface area (Å²) in [5, 5.41) is 0. The zero-order valence-corrected chi connectivity index (χ0v) is 12.0. The van der Waals surface area contributed by atoms with Gasteiger partial charge in [0, 0.05) is 31.4 Å².